The van der Waals surface area contributed by atoms with Crippen molar-refractivity contribution in [1.82, 2.24) is 4.90 Å². The van der Waals surface area contributed by atoms with Gasteiger partial charge >= 0.3 is 0 Å². The number of amides is 2. The summed E-state index contributed by atoms with van der Waals surface area (Å²) < 4.78 is 0. The molecule has 4 nitrogen and oxygen atoms in total. The summed E-state index contributed by atoms with van der Waals surface area (Å²) >= 11 is 0. The molecule has 15 heavy (non-hydrogen) atoms. The van der Waals surface area contributed by atoms with Crippen molar-refractivity contribution in [3.05, 3.63) is 0 Å². The van der Waals surface area contributed by atoms with Crippen molar-refractivity contribution in [2.45, 2.75) is 44.2 Å². The van der Waals surface area contributed by atoms with Crippen molar-refractivity contribution in [3.63, 3.8) is 0 Å². The maximum atomic E-state index is 11.9. The molecule has 2 N–H and O–H groups in total. The Morgan fingerprint density at radius 1 is 1.07 bits per heavy atom. The number of imide groups is 1. The number of carbonyl (C=O) groups is 2. The van der Waals surface area contributed by atoms with E-state index in [4.69, 9.17) is 5.73 Å². The second-order valence-corrected chi connectivity index (χ2v) is 5.01. The molecule has 3 fully saturated rings. The first-order valence-electron chi connectivity index (χ1n) is 5.82. The van der Waals surface area contributed by atoms with Gasteiger partial charge in [-0.25, -0.2) is 0 Å². The van der Waals surface area contributed by atoms with Gasteiger partial charge in [-0.3, -0.25) is 14.5 Å². The molecule has 3 rings (SSSR count). The summed E-state index contributed by atoms with van der Waals surface area (Å²) in [5, 5.41) is 0. The van der Waals surface area contributed by atoms with E-state index in [1.54, 1.807) is 0 Å². The number of carbonyl (C=O) groups excluding carboxylic acids is 2. The Balaban J connectivity index is 1.81. The van der Waals surface area contributed by atoms with Crippen molar-refractivity contribution in [2.24, 2.45) is 17.6 Å². The first-order valence-corrected chi connectivity index (χ1v) is 5.82. The summed E-state index contributed by atoms with van der Waals surface area (Å²) in [5.41, 5.74) is 6.00. The molecule has 3 aliphatic rings. The van der Waals surface area contributed by atoms with Crippen LogP contribution in [-0.4, -0.2) is 28.8 Å². The molecule has 0 aromatic rings. The molecule has 1 aliphatic heterocycles. The van der Waals surface area contributed by atoms with Gasteiger partial charge in [-0.05, 0) is 19.3 Å². The lowest BCUT2D eigenvalue weighted by Crippen LogP contribution is -2.52. The lowest BCUT2D eigenvalue weighted by molar-refractivity contribution is -0.145. The fourth-order valence-corrected chi connectivity index (χ4v) is 2.99. The summed E-state index contributed by atoms with van der Waals surface area (Å²) in [7, 11) is 0. The molecule has 4 heteroatoms. The number of hydrogen-bond acceptors (Lipinski definition) is 3. The average molecular weight is 208 g/mol. The van der Waals surface area contributed by atoms with Crippen LogP contribution >= 0.6 is 0 Å². The largest absolute Gasteiger partial charge is 0.326 e. The normalized spacial score (nSPS) is 44.5. The molecule has 1 heterocycles. The molecule has 82 valence electrons. The van der Waals surface area contributed by atoms with Gasteiger partial charge in [0, 0.05) is 6.04 Å². The Hall–Kier alpha value is -0.900. The van der Waals surface area contributed by atoms with E-state index < -0.39 is 0 Å². The predicted molar refractivity (Wildman–Crippen MR) is 53.7 cm³/mol. The third-order valence-electron chi connectivity index (χ3n) is 4.01. The molecule has 0 bridgehead atoms. The molecule has 2 amide bonds. The minimum atomic E-state index is -0.00782. The van der Waals surface area contributed by atoms with Crippen LogP contribution in [0, 0.1) is 11.8 Å². The number of nitrogens with two attached hydrogens (primary N) is 1. The van der Waals surface area contributed by atoms with Crippen molar-refractivity contribution < 1.29 is 9.59 Å². The van der Waals surface area contributed by atoms with Gasteiger partial charge in [-0.1, -0.05) is 12.8 Å². The highest BCUT2D eigenvalue weighted by molar-refractivity contribution is 6.09. The van der Waals surface area contributed by atoms with Crippen LogP contribution in [0.3, 0.4) is 0 Å². The third-order valence-corrected chi connectivity index (χ3v) is 4.01. The van der Waals surface area contributed by atoms with Crippen LogP contribution in [0.4, 0.5) is 0 Å². The van der Waals surface area contributed by atoms with Crippen LogP contribution in [0.2, 0.25) is 0 Å². The van der Waals surface area contributed by atoms with Gasteiger partial charge in [0.2, 0.25) is 11.8 Å². The van der Waals surface area contributed by atoms with E-state index in [1.165, 1.54) is 4.90 Å². The number of likely N-dealkylation sites (tertiary alicyclic amines) is 1. The number of fused-ring (bicyclic) bond motifs is 1. The molecular formula is C11H16N2O2. The van der Waals surface area contributed by atoms with Crippen molar-refractivity contribution in [2.75, 3.05) is 0 Å². The molecule has 1 saturated heterocycles. The number of rotatable bonds is 1. The van der Waals surface area contributed by atoms with Gasteiger partial charge in [-0.2, -0.15) is 0 Å². The molecule has 4 atom stereocenters. The van der Waals surface area contributed by atoms with E-state index >= 15 is 0 Å². The molecular weight excluding hydrogens is 192 g/mol. The first kappa shape index (κ1) is 9.33. The molecule has 2 unspecified atom stereocenters. The zero-order chi connectivity index (χ0) is 10.6. The molecule has 2 saturated carbocycles. The first-order chi connectivity index (χ1) is 7.20. The predicted octanol–water partition coefficient (Wildman–Crippen LogP) is 0.261. The molecule has 0 radical (unpaired) electrons. The Bertz CT molecular complexity index is 309. The van der Waals surface area contributed by atoms with Crippen molar-refractivity contribution in [1.29, 1.82) is 0 Å². The van der Waals surface area contributed by atoms with Gasteiger partial charge in [0.1, 0.15) is 0 Å². The maximum Gasteiger partial charge on any atom is 0.233 e. The number of hydrogen-bond donors (Lipinski definition) is 1. The second kappa shape index (κ2) is 3.04. The van der Waals surface area contributed by atoms with E-state index in [1.807, 2.05) is 0 Å². The highest BCUT2D eigenvalue weighted by Crippen LogP contribution is 2.48. The van der Waals surface area contributed by atoms with Gasteiger partial charge in [-0.15, -0.1) is 0 Å². The number of piperidine rings is 1. The van der Waals surface area contributed by atoms with Gasteiger partial charge in [0.15, 0.2) is 0 Å². The van der Waals surface area contributed by atoms with E-state index in [9.17, 15) is 9.59 Å². The zero-order valence-electron chi connectivity index (χ0n) is 8.69. The quantitative estimate of drug-likeness (QED) is 0.629. The Morgan fingerprint density at radius 3 is 2.27 bits per heavy atom. The molecule has 0 spiro atoms. The van der Waals surface area contributed by atoms with Crippen LogP contribution in [0.1, 0.15) is 32.1 Å². The minimum absolute atomic E-state index is 0.00384. The molecule has 2 aliphatic carbocycles. The maximum absolute atomic E-state index is 11.9. The van der Waals surface area contributed by atoms with Gasteiger partial charge in [0.05, 0.1) is 17.9 Å². The van der Waals surface area contributed by atoms with Crippen molar-refractivity contribution >= 4 is 11.8 Å². The summed E-state index contributed by atoms with van der Waals surface area (Å²) in [6.07, 6.45) is 4.84. The zero-order valence-corrected chi connectivity index (χ0v) is 8.69. The summed E-state index contributed by atoms with van der Waals surface area (Å²) in [6, 6.07) is -0.00398. The summed E-state index contributed by atoms with van der Waals surface area (Å²) in [5.74, 6) is 0.137. The third kappa shape index (κ3) is 1.24. The SMILES string of the molecule is N[C@@H]1CCCC[C@H]1N1C(=O)C2CC2C1=O. The fraction of sp³-hybridized carbons (Fsp3) is 0.818. The minimum Gasteiger partial charge on any atom is -0.326 e. The average Bonchev–Trinajstić information content (AvgIpc) is 2.96. The van der Waals surface area contributed by atoms with E-state index in [0.717, 1.165) is 32.1 Å². The lowest BCUT2D eigenvalue weighted by Gasteiger charge is -2.35. The van der Waals surface area contributed by atoms with E-state index in [2.05, 4.69) is 0 Å². The van der Waals surface area contributed by atoms with Crippen LogP contribution in [-0.2, 0) is 9.59 Å². The van der Waals surface area contributed by atoms with Gasteiger partial charge in [0.25, 0.3) is 0 Å². The van der Waals surface area contributed by atoms with Crippen LogP contribution in [0.15, 0.2) is 0 Å². The molecule has 0 aromatic carbocycles. The van der Waals surface area contributed by atoms with E-state index in [-0.39, 0.29) is 35.7 Å². The summed E-state index contributed by atoms with van der Waals surface area (Å²) in [4.78, 5) is 25.2. The topological polar surface area (TPSA) is 63.4 Å². The standard InChI is InChI=1S/C11H16N2O2/c12-8-3-1-2-4-9(8)13-10(14)6-5-7(6)11(13)15/h6-9H,1-5,12H2/t6?,7?,8-,9-/m1/s1. The van der Waals surface area contributed by atoms with E-state index in [0.29, 0.717) is 0 Å². The lowest BCUT2D eigenvalue weighted by atomic mass is 9.90. The van der Waals surface area contributed by atoms with Crippen LogP contribution in [0.25, 0.3) is 0 Å². The highest BCUT2D eigenvalue weighted by atomic mass is 16.2. The Labute approximate surface area is 88.8 Å². The van der Waals surface area contributed by atoms with Crippen LogP contribution < -0.4 is 5.73 Å². The monoisotopic (exact) mass is 208 g/mol. The Kier molecular flexibility index (Phi) is 1.89. The van der Waals surface area contributed by atoms with Crippen molar-refractivity contribution in [3.8, 4) is 0 Å². The second-order valence-electron chi connectivity index (χ2n) is 5.01. The smallest absolute Gasteiger partial charge is 0.233 e. The fourth-order valence-electron chi connectivity index (χ4n) is 2.99. The number of nitrogens with zero attached hydrogens (tertiary/aromatic N) is 1. The highest BCUT2D eigenvalue weighted by Gasteiger charge is 2.60. The summed E-state index contributed by atoms with van der Waals surface area (Å²) in [6.45, 7) is 0. The van der Waals surface area contributed by atoms with Gasteiger partial charge < -0.3 is 5.73 Å². The molecule has 0 aromatic heterocycles. The Morgan fingerprint density at radius 2 is 1.67 bits per heavy atom. The van der Waals surface area contributed by atoms with Crippen LogP contribution in [0.5, 0.6) is 0 Å².